The molecular formula is C21H36O5. The molecule has 4 aliphatic carbocycles. The van der Waals surface area contributed by atoms with Crippen molar-refractivity contribution in [1.29, 1.82) is 0 Å². The molecule has 2 bridgehead atoms. The van der Waals surface area contributed by atoms with Gasteiger partial charge >= 0.3 is 0 Å². The first kappa shape index (κ1) is 19.1. The van der Waals surface area contributed by atoms with E-state index in [0.29, 0.717) is 25.4 Å². The van der Waals surface area contributed by atoms with Gasteiger partial charge in [-0.15, -0.1) is 0 Å². The van der Waals surface area contributed by atoms with Crippen molar-refractivity contribution in [1.82, 2.24) is 0 Å². The summed E-state index contributed by atoms with van der Waals surface area (Å²) in [6, 6.07) is 0. The normalized spacial score (nSPS) is 58.2. The minimum Gasteiger partial charge on any atom is -0.392 e. The van der Waals surface area contributed by atoms with Gasteiger partial charge in [0.2, 0.25) is 0 Å². The molecule has 0 amide bonds. The van der Waals surface area contributed by atoms with Gasteiger partial charge in [0.15, 0.2) is 0 Å². The SMILES string of the molecule is COC[C@H]1C[C@@]23C[C@@H](O)[C@@]4(O)[C@@H](C[C@H](O)C4(C)C)[C@@H](C)[C@@H]2CC[C@@H]1[C@H]3O. The Morgan fingerprint density at radius 2 is 1.69 bits per heavy atom. The van der Waals surface area contributed by atoms with Gasteiger partial charge in [-0.1, -0.05) is 20.8 Å². The molecule has 4 fully saturated rings. The maximum absolute atomic E-state index is 11.7. The lowest BCUT2D eigenvalue weighted by atomic mass is 9.59. The molecular weight excluding hydrogens is 332 g/mol. The third-order valence-electron chi connectivity index (χ3n) is 9.43. The highest BCUT2D eigenvalue weighted by atomic mass is 16.5. The molecule has 4 saturated carbocycles. The van der Waals surface area contributed by atoms with Crippen LogP contribution in [-0.2, 0) is 4.74 Å². The zero-order valence-corrected chi connectivity index (χ0v) is 16.6. The van der Waals surface area contributed by atoms with Gasteiger partial charge in [0.05, 0.1) is 18.3 Å². The molecule has 0 aromatic rings. The number of aliphatic hydroxyl groups excluding tert-OH is 3. The van der Waals surface area contributed by atoms with E-state index in [1.807, 2.05) is 13.8 Å². The molecule has 0 heterocycles. The Morgan fingerprint density at radius 1 is 1.00 bits per heavy atom. The average Bonchev–Trinajstić information content (AvgIpc) is 2.82. The first-order chi connectivity index (χ1) is 12.1. The summed E-state index contributed by atoms with van der Waals surface area (Å²) in [6.45, 7) is 6.58. The fraction of sp³-hybridized carbons (Fsp3) is 1.00. The molecule has 0 unspecified atom stereocenters. The van der Waals surface area contributed by atoms with Crippen LogP contribution < -0.4 is 0 Å². The lowest BCUT2D eigenvalue weighted by Gasteiger charge is -2.47. The Balaban J connectivity index is 1.77. The predicted octanol–water partition coefficient (Wildman–Crippen LogP) is 1.56. The van der Waals surface area contributed by atoms with Gasteiger partial charge < -0.3 is 25.2 Å². The molecule has 1 spiro atoms. The highest BCUT2D eigenvalue weighted by molar-refractivity contribution is 5.20. The highest BCUT2D eigenvalue weighted by Gasteiger charge is 2.71. The summed E-state index contributed by atoms with van der Waals surface area (Å²) in [5, 5.41) is 44.9. The van der Waals surface area contributed by atoms with E-state index in [2.05, 4.69) is 6.92 Å². The van der Waals surface area contributed by atoms with Crippen LogP contribution in [0.1, 0.15) is 52.9 Å². The number of aliphatic hydroxyl groups is 4. The topological polar surface area (TPSA) is 90.2 Å². The molecule has 0 aromatic heterocycles. The Bertz CT molecular complexity index is 565. The smallest absolute Gasteiger partial charge is 0.101 e. The summed E-state index contributed by atoms with van der Waals surface area (Å²) in [6.07, 6.45) is 1.84. The first-order valence-corrected chi connectivity index (χ1v) is 10.4. The third-order valence-corrected chi connectivity index (χ3v) is 9.43. The summed E-state index contributed by atoms with van der Waals surface area (Å²) in [5.41, 5.74) is -2.41. The molecule has 0 aromatic carbocycles. The number of methoxy groups -OCH3 is 1. The van der Waals surface area contributed by atoms with E-state index in [4.69, 9.17) is 4.74 Å². The Labute approximate surface area is 156 Å². The number of rotatable bonds is 2. The van der Waals surface area contributed by atoms with E-state index in [0.717, 1.165) is 19.3 Å². The largest absolute Gasteiger partial charge is 0.392 e. The molecule has 26 heavy (non-hydrogen) atoms. The van der Waals surface area contributed by atoms with E-state index in [-0.39, 0.29) is 29.1 Å². The lowest BCUT2D eigenvalue weighted by Crippen LogP contribution is -2.57. The van der Waals surface area contributed by atoms with E-state index in [1.165, 1.54) is 0 Å². The highest BCUT2D eigenvalue weighted by Crippen LogP contribution is 2.68. The van der Waals surface area contributed by atoms with Crippen molar-refractivity contribution < 1.29 is 25.2 Å². The predicted molar refractivity (Wildman–Crippen MR) is 97.3 cm³/mol. The van der Waals surface area contributed by atoms with Crippen LogP contribution in [0.25, 0.3) is 0 Å². The van der Waals surface area contributed by atoms with Crippen molar-refractivity contribution >= 4 is 0 Å². The van der Waals surface area contributed by atoms with Crippen LogP contribution >= 0.6 is 0 Å². The first-order valence-electron chi connectivity index (χ1n) is 10.4. The average molecular weight is 369 g/mol. The molecule has 5 heteroatoms. The second kappa shape index (κ2) is 5.90. The monoisotopic (exact) mass is 368 g/mol. The van der Waals surface area contributed by atoms with Gasteiger partial charge in [-0.3, -0.25) is 0 Å². The minimum atomic E-state index is -1.31. The second-order valence-electron chi connectivity index (χ2n) is 10.4. The van der Waals surface area contributed by atoms with Crippen molar-refractivity contribution in [2.45, 2.75) is 76.8 Å². The molecule has 0 saturated heterocycles. The van der Waals surface area contributed by atoms with Crippen molar-refractivity contribution in [3.63, 3.8) is 0 Å². The van der Waals surface area contributed by atoms with Crippen LogP contribution in [0, 0.1) is 40.4 Å². The fourth-order valence-electron chi connectivity index (χ4n) is 7.95. The summed E-state index contributed by atoms with van der Waals surface area (Å²) in [4.78, 5) is 0. The van der Waals surface area contributed by atoms with E-state index >= 15 is 0 Å². The summed E-state index contributed by atoms with van der Waals surface area (Å²) in [5.74, 6) is 0.843. The zero-order valence-electron chi connectivity index (χ0n) is 16.6. The molecule has 5 nitrogen and oxygen atoms in total. The second-order valence-corrected chi connectivity index (χ2v) is 10.4. The maximum Gasteiger partial charge on any atom is 0.101 e. The molecule has 4 rings (SSSR count). The van der Waals surface area contributed by atoms with Crippen LogP contribution in [0.4, 0.5) is 0 Å². The van der Waals surface area contributed by atoms with Crippen LogP contribution in [0.2, 0.25) is 0 Å². The van der Waals surface area contributed by atoms with Crippen molar-refractivity contribution in [3.8, 4) is 0 Å². The Kier molecular flexibility index (Phi) is 4.34. The molecule has 150 valence electrons. The summed E-state index contributed by atoms with van der Waals surface area (Å²) in [7, 11) is 1.71. The third kappa shape index (κ3) is 2.10. The van der Waals surface area contributed by atoms with Gasteiger partial charge in [-0.05, 0) is 61.7 Å². The fourth-order valence-corrected chi connectivity index (χ4v) is 7.95. The van der Waals surface area contributed by atoms with E-state index < -0.39 is 29.3 Å². The molecule has 4 N–H and O–H groups in total. The Hall–Kier alpha value is -0.200. The van der Waals surface area contributed by atoms with Crippen LogP contribution in [0.15, 0.2) is 0 Å². The van der Waals surface area contributed by atoms with Gasteiger partial charge in [0, 0.05) is 24.5 Å². The minimum absolute atomic E-state index is 0.142. The zero-order chi connectivity index (χ0) is 19.1. The molecule has 10 atom stereocenters. The summed E-state index contributed by atoms with van der Waals surface area (Å²) >= 11 is 0. The number of fused-ring (bicyclic) bond motifs is 2. The van der Waals surface area contributed by atoms with Crippen LogP contribution in [0.5, 0.6) is 0 Å². The lowest BCUT2D eigenvalue weighted by molar-refractivity contribution is -0.178. The van der Waals surface area contributed by atoms with Crippen molar-refractivity contribution in [2.24, 2.45) is 40.4 Å². The van der Waals surface area contributed by atoms with Gasteiger partial charge in [0.1, 0.15) is 5.60 Å². The van der Waals surface area contributed by atoms with Crippen molar-refractivity contribution in [2.75, 3.05) is 13.7 Å². The quantitative estimate of drug-likeness (QED) is 0.594. The Morgan fingerprint density at radius 3 is 2.35 bits per heavy atom. The molecule has 0 radical (unpaired) electrons. The number of hydrogen-bond acceptors (Lipinski definition) is 5. The maximum atomic E-state index is 11.7. The van der Waals surface area contributed by atoms with Gasteiger partial charge in [0.25, 0.3) is 0 Å². The van der Waals surface area contributed by atoms with Gasteiger partial charge in [-0.2, -0.15) is 0 Å². The van der Waals surface area contributed by atoms with Gasteiger partial charge in [-0.25, -0.2) is 0 Å². The van der Waals surface area contributed by atoms with Crippen molar-refractivity contribution in [3.05, 3.63) is 0 Å². The van der Waals surface area contributed by atoms with Crippen LogP contribution in [0.3, 0.4) is 0 Å². The molecule has 4 aliphatic rings. The summed E-state index contributed by atoms with van der Waals surface area (Å²) < 4.78 is 5.43. The standard InChI is InChI=1S/C21H36O5/c1-11-14-6-5-13-12(10-26-4)8-20(14,18(13)24)9-17(23)21(25)15(11)7-16(22)19(21,2)3/h11-18,22-25H,5-10H2,1-4H3/t11-,12+,13-,14-,15-,16-,17+,18+,20+,21-/m0/s1. The van der Waals surface area contributed by atoms with E-state index in [1.54, 1.807) is 7.11 Å². The molecule has 0 aliphatic heterocycles. The van der Waals surface area contributed by atoms with E-state index in [9.17, 15) is 20.4 Å². The number of hydrogen-bond donors (Lipinski definition) is 4. The van der Waals surface area contributed by atoms with Crippen LogP contribution in [-0.4, -0.2) is 58.1 Å². The number of ether oxygens (including phenoxy) is 1.